The topological polar surface area (TPSA) is 54.9 Å². The van der Waals surface area contributed by atoms with E-state index in [1.165, 1.54) is 11.8 Å². The molecule has 122 valence electrons. The number of benzene rings is 1. The lowest BCUT2D eigenvalue weighted by molar-refractivity contribution is -0.119. The highest BCUT2D eigenvalue weighted by Gasteiger charge is 2.12. The van der Waals surface area contributed by atoms with Crippen molar-refractivity contribution in [3.05, 3.63) is 51.8 Å². The monoisotopic (exact) mass is 349 g/mol. The van der Waals surface area contributed by atoms with Crippen LogP contribution in [0, 0.1) is 20.8 Å². The molecule has 0 radical (unpaired) electrons. The van der Waals surface area contributed by atoms with Gasteiger partial charge in [0.25, 0.3) is 0 Å². The van der Waals surface area contributed by atoms with Gasteiger partial charge in [-0.15, -0.1) is 0 Å². The molecule has 0 fully saturated rings. The van der Waals surface area contributed by atoms with Crippen molar-refractivity contribution in [2.75, 3.05) is 5.75 Å². The number of carbonyl (C=O) groups excluding carboxylic acids is 1. The van der Waals surface area contributed by atoms with E-state index in [4.69, 9.17) is 11.6 Å². The maximum atomic E-state index is 12.1. The lowest BCUT2D eigenvalue weighted by Gasteiger charge is -2.14. The van der Waals surface area contributed by atoms with Gasteiger partial charge in [-0.3, -0.25) is 4.79 Å². The van der Waals surface area contributed by atoms with Crippen molar-refractivity contribution in [2.45, 2.75) is 38.9 Å². The molecule has 0 aliphatic carbocycles. The number of thioether (sulfide) groups is 1. The molecule has 6 heteroatoms. The summed E-state index contributed by atoms with van der Waals surface area (Å²) >= 11 is 7.32. The number of amides is 1. The average molecular weight is 350 g/mol. The molecule has 0 aliphatic rings. The van der Waals surface area contributed by atoms with Gasteiger partial charge in [-0.05, 0) is 51.0 Å². The number of aromatic nitrogens is 2. The van der Waals surface area contributed by atoms with Crippen LogP contribution in [0.4, 0.5) is 0 Å². The largest absolute Gasteiger partial charge is 0.349 e. The second-order valence-corrected chi connectivity index (χ2v) is 6.81. The van der Waals surface area contributed by atoms with Crippen LogP contribution in [0.2, 0.25) is 5.02 Å². The fraction of sp³-hybridized carbons (Fsp3) is 0.353. The Morgan fingerprint density at radius 1 is 1.26 bits per heavy atom. The molecule has 1 atom stereocenters. The fourth-order valence-electron chi connectivity index (χ4n) is 2.08. The molecule has 1 amide bonds. The second kappa shape index (κ2) is 7.79. The van der Waals surface area contributed by atoms with Gasteiger partial charge in [-0.1, -0.05) is 35.5 Å². The SMILES string of the molecule is Cc1nc(SCC(=O)N[C@@H](C)c2cccc(Cl)c2)nc(C)c1C. The standard InChI is InChI=1S/C17H20ClN3OS/c1-10-11(2)20-17(21-12(10)3)23-9-16(22)19-13(4)14-6-5-7-15(18)8-14/h5-8,13H,9H2,1-4H3,(H,19,22)/t13-/m0/s1. The van der Waals surface area contributed by atoms with Crippen LogP contribution in [0.3, 0.4) is 0 Å². The lowest BCUT2D eigenvalue weighted by atomic mass is 10.1. The van der Waals surface area contributed by atoms with Crippen molar-refractivity contribution < 1.29 is 4.79 Å². The number of hydrogen-bond donors (Lipinski definition) is 1. The van der Waals surface area contributed by atoms with Gasteiger partial charge >= 0.3 is 0 Å². The molecule has 4 nitrogen and oxygen atoms in total. The van der Waals surface area contributed by atoms with Gasteiger partial charge in [0.1, 0.15) is 0 Å². The summed E-state index contributed by atoms with van der Waals surface area (Å²) in [5.41, 5.74) is 3.97. The van der Waals surface area contributed by atoms with Gasteiger partial charge < -0.3 is 5.32 Å². The van der Waals surface area contributed by atoms with Crippen molar-refractivity contribution in [3.8, 4) is 0 Å². The molecule has 0 bridgehead atoms. The van der Waals surface area contributed by atoms with E-state index in [2.05, 4.69) is 15.3 Å². The van der Waals surface area contributed by atoms with Crippen LogP contribution < -0.4 is 5.32 Å². The maximum absolute atomic E-state index is 12.1. The predicted molar refractivity (Wildman–Crippen MR) is 95.0 cm³/mol. The third-order valence-corrected chi connectivity index (χ3v) is 4.75. The van der Waals surface area contributed by atoms with E-state index < -0.39 is 0 Å². The van der Waals surface area contributed by atoms with Crippen molar-refractivity contribution in [1.29, 1.82) is 0 Å². The Morgan fingerprint density at radius 2 is 1.91 bits per heavy atom. The van der Waals surface area contributed by atoms with E-state index in [1.807, 2.05) is 52.0 Å². The van der Waals surface area contributed by atoms with Crippen LogP contribution in [-0.4, -0.2) is 21.6 Å². The first kappa shape index (κ1) is 17.8. The van der Waals surface area contributed by atoms with Crippen LogP contribution in [0.1, 0.15) is 35.5 Å². The summed E-state index contributed by atoms with van der Waals surface area (Å²) in [6.45, 7) is 7.84. The van der Waals surface area contributed by atoms with E-state index in [1.54, 1.807) is 0 Å². The first-order valence-corrected chi connectivity index (χ1v) is 8.72. The Balaban J connectivity index is 1.92. The molecule has 0 spiro atoms. The minimum atomic E-state index is -0.0933. The van der Waals surface area contributed by atoms with Gasteiger partial charge in [-0.25, -0.2) is 9.97 Å². The zero-order valence-corrected chi connectivity index (χ0v) is 15.3. The molecule has 1 aromatic heterocycles. The summed E-state index contributed by atoms with van der Waals surface area (Å²) < 4.78 is 0. The highest BCUT2D eigenvalue weighted by molar-refractivity contribution is 7.99. The Hall–Kier alpha value is -1.59. The fourth-order valence-corrected chi connectivity index (χ4v) is 3.02. The minimum Gasteiger partial charge on any atom is -0.349 e. The summed E-state index contributed by atoms with van der Waals surface area (Å²) in [6, 6.07) is 7.40. The molecule has 2 aromatic rings. The van der Waals surface area contributed by atoms with Crippen molar-refractivity contribution >= 4 is 29.3 Å². The molecule has 0 aliphatic heterocycles. The third kappa shape index (κ3) is 4.94. The minimum absolute atomic E-state index is 0.0537. The van der Waals surface area contributed by atoms with Gasteiger partial charge in [0.15, 0.2) is 5.16 Å². The van der Waals surface area contributed by atoms with Crippen molar-refractivity contribution in [3.63, 3.8) is 0 Å². The molecule has 1 heterocycles. The summed E-state index contributed by atoms with van der Waals surface area (Å²) in [4.78, 5) is 20.9. The first-order chi connectivity index (χ1) is 10.9. The normalized spacial score (nSPS) is 12.0. The zero-order valence-electron chi connectivity index (χ0n) is 13.7. The first-order valence-electron chi connectivity index (χ1n) is 7.36. The Morgan fingerprint density at radius 3 is 2.52 bits per heavy atom. The third-order valence-electron chi connectivity index (χ3n) is 3.67. The summed E-state index contributed by atoms with van der Waals surface area (Å²) in [7, 11) is 0. The summed E-state index contributed by atoms with van der Waals surface area (Å²) in [5.74, 6) is 0.231. The van der Waals surface area contributed by atoms with Gasteiger partial charge in [0.05, 0.1) is 11.8 Å². The molecule has 0 saturated heterocycles. The average Bonchev–Trinajstić information content (AvgIpc) is 2.50. The van der Waals surface area contributed by atoms with Crippen molar-refractivity contribution in [2.24, 2.45) is 0 Å². The predicted octanol–water partition coefficient (Wildman–Crippen LogP) is 4.02. The number of nitrogens with one attached hydrogen (secondary N) is 1. The van der Waals surface area contributed by atoms with Crippen LogP contribution in [-0.2, 0) is 4.79 Å². The number of nitrogens with zero attached hydrogens (tertiary/aromatic N) is 2. The van der Waals surface area contributed by atoms with E-state index in [0.717, 1.165) is 22.5 Å². The maximum Gasteiger partial charge on any atom is 0.230 e. The van der Waals surface area contributed by atoms with E-state index in [0.29, 0.717) is 10.2 Å². The lowest BCUT2D eigenvalue weighted by Crippen LogP contribution is -2.28. The quantitative estimate of drug-likeness (QED) is 0.654. The Labute approximate surface area is 146 Å². The van der Waals surface area contributed by atoms with Crippen LogP contribution in [0.25, 0.3) is 0 Å². The van der Waals surface area contributed by atoms with Crippen LogP contribution >= 0.6 is 23.4 Å². The van der Waals surface area contributed by atoms with E-state index >= 15 is 0 Å². The number of carbonyl (C=O) groups is 1. The smallest absolute Gasteiger partial charge is 0.230 e. The molecule has 1 N–H and O–H groups in total. The van der Waals surface area contributed by atoms with Crippen LogP contribution in [0.15, 0.2) is 29.4 Å². The Bertz CT molecular complexity index is 698. The molecule has 23 heavy (non-hydrogen) atoms. The molecule has 0 unspecified atom stereocenters. The van der Waals surface area contributed by atoms with Gasteiger partial charge in [-0.2, -0.15) is 0 Å². The number of halogens is 1. The van der Waals surface area contributed by atoms with Gasteiger partial charge in [0.2, 0.25) is 5.91 Å². The summed E-state index contributed by atoms with van der Waals surface area (Å²) in [6.07, 6.45) is 0. The summed E-state index contributed by atoms with van der Waals surface area (Å²) in [5, 5.41) is 4.26. The highest BCUT2D eigenvalue weighted by atomic mass is 35.5. The van der Waals surface area contributed by atoms with E-state index in [-0.39, 0.29) is 17.7 Å². The molecular weight excluding hydrogens is 330 g/mol. The number of aryl methyl sites for hydroxylation is 2. The molecule has 1 aromatic carbocycles. The van der Waals surface area contributed by atoms with Gasteiger partial charge in [0, 0.05) is 16.4 Å². The highest BCUT2D eigenvalue weighted by Crippen LogP contribution is 2.19. The molecule has 0 saturated carbocycles. The molecule has 2 rings (SSSR count). The van der Waals surface area contributed by atoms with Crippen molar-refractivity contribution in [1.82, 2.24) is 15.3 Å². The Kier molecular flexibility index (Phi) is 6.02. The van der Waals surface area contributed by atoms with E-state index in [9.17, 15) is 4.79 Å². The zero-order chi connectivity index (χ0) is 17.0. The molecular formula is C17H20ClN3OS. The second-order valence-electron chi connectivity index (χ2n) is 5.43. The number of rotatable bonds is 5. The number of hydrogen-bond acceptors (Lipinski definition) is 4. The van der Waals surface area contributed by atoms with Crippen LogP contribution in [0.5, 0.6) is 0 Å².